The van der Waals surface area contributed by atoms with Gasteiger partial charge in [-0.3, -0.25) is 4.79 Å². The summed E-state index contributed by atoms with van der Waals surface area (Å²) in [6.07, 6.45) is -1.61. The van der Waals surface area contributed by atoms with Crippen LogP contribution in [0.25, 0.3) is 10.8 Å². The SMILES string of the molecule is CC(Oc1cccc(Cl)c1Cl)C(=O)NCC(O)c1ccc2ccccc2c1. The average Bonchev–Trinajstić information content (AvgIpc) is 2.68. The Morgan fingerprint density at radius 3 is 2.59 bits per heavy atom. The molecule has 1 amide bonds. The van der Waals surface area contributed by atoms with Gasteiger partial charge >= 0.3 is 0 Å². The number of aliphatic hydroxyl groups excluding tert-OH is 1. The summed E-state index contributed by atoms with van der Waals surface area (Å²) in [5, 5.41) is 15.8. The van der Waals surface area contributed by atoms with Crippen molar-refractivity contribution in [1.82, 2.24) is 5.32 Å². The second-order valence-corrected chi connectivity index (χ2v) is 6.96. The molecule has 0 aliphatic rings. The van der Waals surface area contributed by atoms with E-state index in [1.165, 1.54) is 0 Å². The van der Waals surface area contributed by atoms with Crippen molar-refractivity contribution in [3.8, 4) is 5.75 Å². The fourth-order valence-corrected chi connectivity index (χ4v) is 3.03. The summed E-state index contributed by atoms with van der Waals surface area (Å²) in [4.78, 5) is 12.3. The minimum atomic E-state index is -0.819. The van der Waals surface area contributed by atoms with E-state index in [2.05, 4.69) is 5.32 Å². The molecular weight excluding hydrogens is 385 g/mol. The molecule has 3 aromatic rings. The molecule has 0 heterocycles. The van der Waals surface area contributed by atoms with Gasteiger partial charge in [0.2, 0.25) is 0 Å². The Labute approximate surface area is 167 Å². The number of amides is 1. The zero-order valence-corrected chi connectivity index (χ0v) is 16.2. The average molecular weight is 404 g/mol. The van der Waals surface area contributed by atoms with Crippen molar-refractivity contribution in [2.45, 2.75) is 19.1 Å². The van der Waals surface area contributed by atoms with Crippen molar-refractivity contribution in [1.29, 1.82) is 0 Å². The highest BCUT2D eigenvalue weighted by Gasteiger charge is 2.18. The molecule has 27 heavy (non-hydrogen) atoms. The zero-order chi connectivity index (χ0) is 19.4. The number of carbonyl (C=O) groups is 1. The lowest BCUT2D eigenvalue weighted by molar-refractivity contribution is -0.127. The van der Waals surface area contributed by atoms with E-state index in [9.17, 15) is 9.90 Å². The van der Waals surface area contributed by atoms with Gasteiger partial charge in [0, 0.05) is 6.54 Å². The molecular formula is C21H19Cl2NO3. The Hall–Kier alpha value is -2.27. The Morgan fingerprint density at radius 1 is 1.07 bits per heavy atom. The minimum absolute atomic E-state index is 0.0775. The van der Waals surface area contributed by atoms with Gasteiger partial charge in [0.15, 0.2) is 6.10 Å². The van der Waals surface area contributed by atoms with Crippen molar-refractivity contribution in [2.75, 3.05) is 6.54 Å². The summed E-state index contributed by atoms with van der Waals surface area (Å²) >= 11 is 12.0. The van der Waals surface area contributed by atoms with Crippen LogP contribution < -0.4 is 10.1 Å². The summed E-state index contributed by atoms with van der Waals surface area (Å²) in [5.74, 6) is -0.0206. The van der Waals surface area contributed by atoms with Gasteiger partial charge in [-0.25, -0.2) is 0 Å². The van der Waals surface area contributed by atoms with E-state index in [1.807, 2.05) is 42.5 Å². The smallest absolute Gasteiger partial charge is 0.260 e. The van der Waals surface area contributed by atoms with Crippen molar-refractivity contribution in [3.05, 3.63) is 76.3 Å². The van der Waals surface area contributed by atoms with Crippen LogP contribution in [0.5, 0.6) is 5.75 Å². The number of fused-ring (bicyclic) bond motifs is 1. The lowest BCUT2D eigenvalue weighted by Crippen LogP contribution is -2.38. The van der Waals surface area contributed by atoms with E-state index in [0.717, 1.165) is 16.3 Å². The van der Waals surface area contributed by atoms with Crippen molar-refractivity contribution >= 4 is 39.9 Å². The molecule has 2 unspecified atom stereocenters. The summed E-state index contributed by atoms with van der Waals surface area (Å²) < 4.78 is 5.57. The number of carbonyl (C=O) groups excluding carboxylic acids is 1. The van der Waals surface area contributed by atoms with Gasteiger partial charge in [-0.1, -0.05) is 65.7 Å². The number of benzene rings is 3. The van der Waals surface area contributed by atoms with E-state index in [-0.39, 0.29) is 17.5 Å². The first-order valence-electron chi connectivity index (χ1n) is 8.51. The number of ether oxygens (including phenoxy) is 1. The molecule has 0 aliphatic carbocycles. The number of hydrogen-bond donors (Lipinski definition) is 2. The normalized spacial score (nSPS) is 13.2. The molecule has 3 rings (SSSR count). The van der Waals surface area contributed by atoms with Crippen LogP contribution in [0.4, 0.5) is 0 Å². The molecule has 0 bridgehead atoms. The van der Waals surface area contributed by atoms with Crippen LogP contribution in [0.2, 0.25) is 10.0 Å². The summed E-state index contributed by atoms with van der Waals surface area (Å²) in [7, 11) is 0. The van der Waals surface area contributed by atoms with E-state index in [4.69, 9.17) is 27.9 Å². The quantitative estimate of drug-likeness (QED) is 0.623. The highest BCUT2D eigenvalue weighted by atomic mass is 35.5. The second-order valence-electron chi connectivity index (χ2n) is 6.18. The number of nitrogens with one attached hydrogen (secondary N) is 1. The van der Waals surface area contributed by atoms with E-state index >= 15 is 0 Å². The molecule has 2 atom stereocenters. The first-order chi connectivity index (χ1) is 13.0. The Kier molecular flexibility index (Phi) is 6.22. The Balaban J connectivity index is 1.59. The van der Waals surface area contributed by atoms with Crippen LogP contribution in [-0.2, 0) is 4.79 Å². The lowest BCUT2D eigenvalue weighted by Gasteiger charge is -2.18. The fraction of sp³-hybridized carbons (Fsp3) is 0.190. The minimum Gasteiger partial charge on any atom is -0.479 e. The third-order valence-electron chi connectivity index (χ3n) is 4.22. The van der Waals surface area contributed by atoms with Gasteiger partial charge in [-0.2, -0.15) is 0 Å². The maximum Gasteiger partial charge on any atom is 0.260 e. The molecule has 4 nitrogen and oxygen atoms in total. The van der Waals surface area contributed by atoms with Gasteiger partial charge in [-0.05, 0) is 41.5 Å². The third kappa shape index (κ3) is 4.72. The van der Waals surface area contributed by atoms with Crippen LogP contribution in [-0.4, -0.2) is 23.7 Å². The molecule has 0 saturated heterocycles. The monoisotopic (exact) mass is 403 g/mol. The highest BCUT2D eigenvalue weighted by Crippen LogP contribution is 2.32. The van der Waals surface area contributed by atoms with Crippen molar-refractivity contribution in [2.24, 2.45) is 0 Å². The highest BCUT2D eigenvalue weighted by molar-refractivity contribution is 6.42. The van der Waals surface area contributed by atoms with Crippen molar-refractivity contribution in [3.63, 3.8) is 0 Å². The van der Waals surface area contributed by atoms with Gasteiger partial charge in [0.05, 0.1) is 11.1 Å². The molecule has 6 heteroatoms. The summed E-state index contributed by atoms with van der Waals surface area (Å²) in [6.45, 7) is 1.68. The van der Waals surface area contributed by atoms with Crippen molar-refractivity contribution < 1.29 is 14.6 Å². The van der Waals surface area contributed by atoms with Crippen LogP contribution in [0.15, 0.2) is 60.7 Å². The molecule has 0 spiro atoms. The standard InChI is InChI=1S/C21H19Cl2NO3/c1-13(27-19-8-4-7-17(22)20(19)23)21(26)24-12-18(25)16-10-9-14-5-2-3-6-15(14)11-16/h2-11,13,18,25H,12H2,1H3,(H,24,26). The lowest BCUT2D eigenvalue weighted by atomic mass is 10.0. The zero-order valence-electron chi connectivity index (χ0n) is 14.7. The fourth-order valence-electron chi connectivity index (χ4n) is 2.69. The van der Waals surface area contributed by atoms with Gasteiger partial charge < -0.3 is 15.2 Å². The molecule has 0 aromatic heterocycles. The van der Waals surface area contributed by atoms with E-state index in [1.54, 1.807) is 25.1 Å². The molecule has 140 valence electrons. The maximum atomic E-state index is 12.3. The van der Waals surface area contributed by atoms with Crippen LogP contribution >= 0.6 is 23.2 Å². The number of halogens is 2. The first kappa shape index (κ1) is 19.5. The molecule has 0 fully saturated rings. The van der Waals surface area contributed by atoms with E-state index in [0.29, 0.717) is 10.8 Å². The molecule has 2 N–H and O–H groups in total. The number of hydrogen-bond acceptors (Lipinski definition) is 3. The molecule has 3 aromatic carbocycles. The molecule has 0 aliphatic heterocycles. The summed E-state index contributed by atoms with van der Waals surface area (Å²) in [5.41, 5.74) is 0.737. The van der Waals surface area contributed by atoms with Gasteiger partial charge in [-0.15, -0.1) is 0 Å². The third-order valence-corrected chi connectivity index (χ3v) is 5.02. The molecule has 0 radical (unpaired) electrons. The topological polar surface area (TPSA) is 58.6 Å². The largest absolute Gasteiger partial charge is 0.479 e. The Morgan fingerprint density at radius 2 is 1.81 bits per heavy atom. The predicted octanol–water partition coefficient (Wildman–Crippen LogP) is 4.76. The Bertz CT molecular complexity index is 961. The molecule has 0 saturated carbocycles. The van der Waals surface area contributed by atoms with Gasteiger partial charge in [0.1, 0.15) is 10.8 Å². The number of aliphatic hydroxyl groups is 1. The van der Waals surface area contributed by atoms with Gasteiger partial charge in [0.25, 0.3) is 5.91 Å². The van der Waals surface area contributed by atoms with E-state index < -0.39 is 12.2 Å². The first-order valence-corrected chi connectivity index (χ1v) is 9.26. The van der Waals surface area contributed by atoms with Crippen LogP contribution in [0.3, 0.4) is 0 Å². The number of rotatable bonds is 6. The van der Waals surface area contributed by atoms with Crippen LogP contribution in [0.1, 0.15) is 18.6 Å². The summed E-state index contributed by atoms with van der Waals surface area (Å²) in [6, 6.07) is 18.6. The van der Waals surface area contributed by atoms with Crippen LogP contribution in [0, 0.1) is 0 Å². The maximum absolute atomic E-state index is 12.3. The second kappa shape index (κ2) is 8.61. The predicted molar refractivity (Wildman–Crippen MR) is 108 cm³/mol.